The number of imide groups is 1. The fraction of sp³-hybridized carbons (Fsp3) is 0.410. The van der Waals surface area contributed by atoms with Gasteiger partial charge in [0.2, 0.25) is 11.8 Å². The van der Waals surface area contributed by atoms with E-state index in [1.807, 2.05) is 18.3 Å². The number of benzene rings is 2. The van der Waals surface area contributed by atoms with Crippen molar-refractivity contribution in [1.82, 2.24) is 34.4 Å². The first-order valence-electron chi connectivity index (χ1n) is 18.3. The van der Waals surface area contributed by atoms with Gasteiger partial charge in [0, 0.05) is 68.5 Å². The number of carbonyl (C=O) groups is 2. The van der Waals surface area contributed by atoms with Crippen LogP contribution in [0.4, 0.5) is 26.0 Å². The SMILES string of the molecule is Cc1cc(-c2cnc(Nc3cnn([C@H]4CC[C@H](CCN5CCN(c6ccc(C7CCC(=O)NC7=O)cc6)CC5)CC4)c3)c3nccn23)c(F)cc1F. The number of nitrogens with zero attached hydrogens (tertiary/aromatic N) is 7. The maximum absolute atomic E-state index is 14.7. The fourth-order valence-electron chi connectivity index (χ4n) is 8.02. The number of nitrogens with one attached hydrogen (secondary N) is 2. The fourth-order valence-corrected chi connectivity index (χ4v) is 8.02. The number of hydrogen-bond acceptors (Lipinski definition) is 8. The quantitative estimate of drug-likeness (QED) is 0.170. The molecule has 11 nitrogen and oxygen atoms in total. The lowest BCUT2D eigenvalue weighted by Crippen LogP contribution is -2.47. The van der Waals surface area contributed by atoms with Crippen LogP contribution in [-0.4, -0.2) is 73.6 Å². The maximum atomic E-state index is 14.7. The Morgan fingerprint density at radius 1 is 0.923 bits per heavy atom. The Balaban J connectivity index is 0.798. The highest BCUT2D eigenvalue weighted by atomic mass is 19.1. The molecule has 3 fully saturated rings. The Labute approximate surface area is 301 Å². The van der Waals surface area contributed by atoms with E-state index in [0.717, 1.165) is 62.9 Å². The molecule has 1 unspecified atom stereocenters. The summed E-state index contributed by atoms with van der Waals surface area (Å²) in [5, 5.41) is 10.5. The molecule has 2 amide bonds. The largest absolute Gasteiger partial charge is 0.369 e. The summed E-state index contributed by atoms with van der Waals surface area (Å²) in [6.07, 6.45) is 15.5. The molecule has 2 aliphatic heterocycles. The van der Waals surface area contributed by atoms with Crippen LogP contribution in [0.15, 0.2) is 67.4 Å². The van der Waals surface area contributed by atoms with Crippen LogP contribution < -0.4 is 15.5 Å². The van der Waals surface area contributed by atoms with Crippen molar-refractivity contribution < 1.29 is 18.4 Å². The van der Waals surface area contributed by atoms with Crippen molar-refractivity contribution >= 4 is 34.7 Å². The minimum atomic E-state index is -0.649. The zero-order valence-electron chi connectivity index (χ0n) is 29.3. The lowest BCUT2D eigenvalue weighted by Gasteiger charge is -2.37. The van der Waals surface area contributed by atoms with E-state index in [-0.39, 0.29) is 23.3 Å². The number of rotatable bonds is 9. The van der Waals surface area contributed by atoms with Crippen LogP contribution in [0.1, 0.15) is 68.0 Å². The zero-order valence-corrected chi connectivity index (χ0v) is 29.3. The highest BCUT2D eigenvalue weighted by Crippen LogP contribution is 2.35. The maximum Gasteiger partial charge on any atom is 0.234 e. The van der Waals surface area contributed by atoms with E-state index in [9.17, 15) is 18.4 Å². The van der Waals surface area contributed by atoms with Crippen molar-refractivity contribution in [1.29, 1.82) is 0 Å². The van der Waals surface area contributed by atoms with E-state index in [2.05, 4.69) is 52.3 Å². The van der Waals surface area contributed by atoms with E-state index in [1.165, 1.54) is 31.0 Å². The Kier molecular flexibility index (Phi) is 9.43. The van der Waals surface area contributed by atoms with Gasteiger partial charge in [0.25, 0.3) is 0 Å². The number of aryl methyl sites for hydroxylation is 1. The molecule has 3 aromatic heterocycles. The van der Waals surface area contributed by atoms with Crippen LogP contribution >= 0.6 is 0 Å². The van der Waals surface area contributed by atoms with E-state index < -0.39 is 11.6 Å². The van der Waals surface area contributed by atoms with E-state index in [4.69, 9.17) is 0 Å². The second-order valence-electron chi connectivity index (χ2n) is 14.4. The molecule has 3 aliphatic rings. The summed E-state index contributed by atoms with van der Waals surface area (Å²) in [5.74, 6) is -0.607. The summed E-state index contributed by atoms with van der Waals surface area (Å²) in [6, 6.07) is 11.0. The molecule has 13 heteroatoms. The molecule has 5 heterocycles. The summed E-state index contributed by atoms with van der Waals surface area (Å²) in [6.45, 7) is 6.78. The molecule has 1 aliphatic carbocycles. The van der Waals surface area contributed by atoms with Crippen LogP contribution in [-0.2, 0) is 9.59 Å². The molecular formula is C39H43F2N9O2. The highest BCUT2D eigenvalue weighted by molar-refractivity contribution is 6.01. The van der Waals surface area contributed by atoms with Gasteiger partial charge >= 0.3 is 0 Å². The first kappa shape index (κ1) is 33.9. The van der Waals surface area contributed by atoms with Gasteiger partial charge in [-0.2, -0.15) is 5.10 Å². The molecule has 52 heavy (non-hydrogen) atoms. The molecule has 5 aromatic rings. The van der Waals surface area contributed by atoms with Gasteiger partial charge in [-0.25, -0.2) is 18.7 Å². The number of imidazole rings is 1. The smallest absolute Gasteiger partial charge is 0.234 e. The molecule has 1 atom stereocenters. The highest BCUT2D eigenvalue weighted by Gasteiger charge is 2.29. The third-order valence-corrected chi connectivity index (χ3v) is 11.1. The number of hydrogen-bond donors (Lipinski definition) is 2. The Morgan fingerprint density at radius 3 is 2.48 bits per heavy atom. The summed E-state index contributed by atoms with van der Waals surface area (Å²) in [7, 11) is 0. The molecule has 2 saturated heterocycles. The monoisotopic (exact) mass is 707 g/mol. The van der Waals surface area contributed by atoms with E-state index in [0.29, 0.717) is 47.5 Å². The van der Waals surface area contributed by atoms with Crippen LogP contribution in [0.2, 0.25) is 0 Å². The average Bonchev–Trinajstić information content (AvgIpc) is 3.84. The van der Waals surface area contributed by atoms with Crippen LogP contribution in [0.5, 0.6) is 0 Å². The van der Waals surface area contributed by atoms with Crippen molar-refractivity contribution in [2.45, 2.75) is 63.8 Å². The second kappa shape index (κ2) is 14.5. The molecule has 8 rings (SSSR count). The van der Waals surface area contributed by atoms with Crippen molar-refractivity contribution in [2.75, 3.05) is 42.9 Å². The molecular weight excluding hydrogens is 664 g/mol. The van der Waals surface area contributed by atoms with Gasteiger partial charge in [-0.05, 0) is 87.2 Å². The summed E-state index contributed by atoms with van der Waals surface area (Å²) in [4.78, 5) is 37.8. The minimum Gasteiger partial charge on any atom is -0.369 e. The van der Waals surface area contributed by atoms with Gasteiger partial charge < -0.3 is 10.2 Å². The lowest BCUT2D eigenvalue weighted by molar-refractivity contribution is -0.134. The number of aromatic nitrogens is 5. The third-order valence-electron chi connectivity index (χ3n) is 11.1. The van der Waals surface area contributed by atoms with Gasteiger partial charge in [0.15, 0.2) is 11.5 Å². The second-order valence-corrected chi connectivity index (χ2v) is 14.4. The number of carbonyl (C=O) groups excluding carboxylic acids is 2. The number of halogens is 2. The Bertz CT molecular complexity index is 2080. The number of fused-ring (bicyclic) bond motifs is 1. The minimum absolute atomic E-state index is 0.182. The Morgan fingerprint density at radius 2 is 1.71 bits per heavy atom. The average molecular weight is 708 g/mol. The van der Waals surface area contributed by atoms with Crippen molar-refractivity contribution in [2.24, 2.45) is 5.92 Å². The topological polar surface area (TPSA) is 113 Å². The Hall–Kier alpha value is -5.17. The summed E-state index contributed by atoms with van der Waals surface area (Å²) >= 11 is 0. The van der Waals surface area contributed by atoms with E-state index in [1.54, 1.807) is 36.1 Å². The predicted molar refractivity (Wildman–Crippen MR) is 194 cm³/mol. The number of piperazine rings is 1. The van der Waals surface area contributed by atoms with Crippen molar-refractivity contribution in [3.8, 4) is 11.3 Å². The lowest BCUT2D eigenvalue weighted by atomic mass is 9.84. The molecule has 1 saturated carbocycles. The normalized spacial score (nSPS) is 21.4. The number of anilines is 3. The molecule has 0 bridgehead atoms. The van der Waals surface area contributed by atoms with Crippen molar-refractivity contribution in [3.63, 3.8) is 0 Å². The van der Waals surface area contributed by atoms with Gasteiger partial charge in [-0.3, -0.25) is 28.9 Å². The van der Waals surface area contributed by atoms with Crippen LogP contribution in [0.3, 0.4) is 0 Å². The molecule has 270 valence electrons. The van der Waals surface area contributed by atoms with Gasteiger partial charge in [0.1, 0.15) is 11.6 Å². The molecule has 2 aromatic carbocycles. The van der Waals surface area contributed by atoms with Gasteiger partial charge in [-0.15, -0.1) is 0 Å². The summed E-state index contributed by atoms with van der Waals surface area (Å²) < 4.78 is 32.4. The first-order chi connectivity index (χ1) is 25.3. The third kappa shape index (κ3) is 7.01. The van der Waals surface area contributed by atoms with Crippen LogP contribution in [0, 0.1) is 24.5 Å². The number of piperidine rings is 1. The number of amides is 2. The van der Waals surface area contributed by atoms with Gasteiger partial charge in [-0.1, -0.05) is 12.1 Å². The predicted octanol–water partition coefficient (Wildman–Crippen LogP) is 6.39. The van der Waals surface area contributed by atoms with Crippen LogP contribution in [0.25, 0.3) is 16.9 Å². The zero-order chi connectivity index (χ0) is 35.8. The molecule has 0 spiro atoms. The van der Waals surface area contributed by atoms with E-state index >= 15 is 0 Å². The standard InChI is InChI=1S/C39H43F2N9O2/c1-25-20-32(34(41)21-33(25)40)35-23-43-37(38-42-13-15-49(35)38)45-28-22-44-50(24-28)30-6-2-26(3-7-30)12-14-47-16-18-48(19-17-47)29-8-4-27(5-9-29)31-10-11-36(51)46-39(31)52/h4-5,8-9,13,15,20-24,26,30-31H,2-3,6-7,10-12,14,16-19H2,1H3,(H,43,45)(H,46,51,52)/t26-,30-,31?. The van der Waals surface area contributed by atoms with Crippen molar-refractivity contribution in [3.05, 3.63) is 90.1 Å². The van der Waals surface area contributed by atoms with Gasteiger partial charge in [0.05, 0.1) is 35.7 Å². The first-order valence-corrected chi connectivity index (χ1v) is 18.3. The molecule has 0 radical (unpaired) electrons. The molecule has 2 N–H and O–H groups in total. The summed E-state index contributed by atoms with van der Waals surface area (Å²) in [5.41, 5.74) is 4.61.